The molecule has 0 spiro atoms. The SMILES string of the molecule is CCOc1cc(C(=O)NCc2ccccc2)ccc1OCc1ccccc1. The van der Waals surface area contributed by atoms with E-state index in [0.717, 1.165) is 11.1 Å². The molecule has 3 rings (SSSR count). The minimum Gasteiger partial charge on any atom is -0.490 e. The molecule has 0 radical (unpaired) electrons. The molecule has 4 nitrogen and oxygen atoms in total. The van der Waals surface area contributed by atoms with Crippen molar-refractivity contribution < 1.29 is 14.3 Å². The van der Waals surface area contributed by atoms with Gasteiger partial charge in [-0.15, -0.1) is 0 Å². The van der Waals surface area contributed by atoms with Gasteiger partial charge in [0.1, 0.15) is 6.61 Å². The van der Waals surface area contributed by atoms with E-state index in [0.29, 0.717) is 36.8 Å². The van der Waals surface area contributed by atoms with Gasteiger partial charge in [-0.1, -0.05) is 60.7 Å². The number of carbonyl (C=O) groups is 1. The van der Waals surface area contributed by atoms with Crippen molar-refractivity contribution in [1.82, 2.24) is 5.32 Å². The van der Waals surface area contributed by atoms with Gasteiger partial charge >= 0.3 is 0 Å². The molecule has 0 aliphatic carbocycles. The zero-order valence-corrected chi connectivity index (χ0v) is 15.4. The van der Waals surface area contributed by atoms with Crippen LogP contribution in [-0.4, -0.2) is 12.5 Å². The molecular weight excluding hydrogens is 338 g/mol. The molecule has 0 saturated heterocycles. The molecule has 0 aliphatic rings. The highest BCUT2D eigenvalue weighted by Gasteiger charge is 2.12. The fourth-order valence-corrected chi connectivity index (χ4v) is 2.65. The topological polar surface area (TPSA) is 47.6 Å². The lowest BCUT2D eigenvalue weighted by molar-refractivity contribution is 0.0950. The van der Waals surface area contributed by atoms with E-state index in [4.69, 9.17) is 9.47 Å². The van der Waals surface area contributed by atoms with Gasteiger partial charge in [0, 0.05) is 12.1 Å². The van der Waals surface area contributed by atoms with E-state index >= 15 is 0 Å². The van der Waals surface area contributed by atoms with Crippen LogP contribution < -0.4 is 14.8 Å². The summed E-state index contributed by atoms with van der Waals surface area (Å²) in [5, 5.41) is 2.93. The van der Waals surface area contributed by atoms with Gasteiger partial charge < -0.3 is 14.8 Å². The second kappa shape index (κ2) is 9.43. The van der Waals surface area contributed by atoms with Crippen LogP contribution >= 0.6 is 0 Å². The van der Waals surface area contributed by atoms with Crippen LogP contribution in [0.1, 0.15) is 28.4 Å². The van der Waals surface area contributed by atoms with E-state index in [1.54, 1.807) is 18.2 Å². The lowest BCUT2D eigenvalue weighted by Gasteiger charge is -2.13. The maximum atomic E-state index is 12.5. The van der Waals surface area contributed by atoms with Crippen LogP contribution in [-0.2, 0) is 13.2 Å². The van der Waals surface area contributed by atoms with Crippen LogP contribution in [0, 0.1) is 0 Å². The van der Waals surface area contributed by atoms with Crippen LogP contribution in [0.2, 0.25) is 0 Å². The normalized spacial score (nSPS) is 10.3. The number of nitrogens with one attached hydrogen (secondary N) is 1. The minimum atomic E-state index is -0.144. The fraction of sp³-hybridized carbons (Fsp3) is 0.174. The zero-order chi connectivity index (χ0) is 18.9. The Hall–Kier alpha value is -3.27. The molecule has 4 heteroatoms. The Labute approximate surface area is 159 Å². The fourth-order valence-electron chi connectivity index (χ4n) is 2.65. The number of ether oxygens (including phenoxy) is 2. The Morgan fingerprint density at radius 3 is 2.15 bits per heavy atom. The Bertz CT molecular complexity index is 863. The third kappa shape index (κ3) is 5.35. The van der Waals surface area contributed by atoms with Crippen molar-refractivity contribution in [2.24, 2.45) is 0 Å². The summed E-state index contributed by atoms with van der Waals surface area (Å²) in [5.41, 5.74) is 2.67. The quantitative estimate of drug-likeness (QED) is 0.638. The molecule has 27 heavy (non-hydrogen) atoms. The molecule has 0 aromatic heterocycles. The number of amides is 1. The van der Waals surface area contributed by atoms with Crippen molar-refractivity contribution in [1.29, 1.82) is 0 Å². The van der Waals surface area contributed by atoms with Crippen molar-refractivity contribution >= 4 is 5.91 Å². The highest BCUT2D eigenvalue weighted by molar-refractivity contribution is 5.94. The monoisotopic (exact) mass is 361 g/mol. The highest BCUT2D eigenvalue weighted by Crippen LogP contribution is 2.29. The molecular formula is C23H23NO3. The zero-order valence-electron chi connectivity index (χ0n) is 15.4. The van der Waals surface area contributed by atoms with Crippen LogP contribution in [0.15, 0.2) is 78.9 Å². The smallest absolute Gasteiger partial charge is 0.251 e. The highest BCUT2D eigenvalue weighted by atomic mass is 16.5. The number of benzene rings is 3. The Morgan fingerprint density at radius 2 is 1.48 bits per heavy atom. The van der Waals surface area contributed by atoms with E-state index in [9.17, 15) is 4.79 Å². The van der Waals surface area contributed by atoms with Gasteiger partial charge in [0.25, 0.3) is 5.91 Å². The summed E-state index contributed by atoms with van der Waals surface area (Å²) in [6.45, 7) is 3.33. The minimum absolute atomic E-state index is 0.144. The second-order valence-electron chi connectivity index (χ2n) is 6.04. The van der Waals surface area contributed by atoms with Gasteiger partial charge in [-0.25, -0.2) is 0 Å². The standard InChI is InChI=1S/C23H23NO3/c1-2-26-22-15-20(23(25)24-16-18-9-5-3-6-10-18)13-14-21(22)27-17-19-11-7-4-8-12-19/h3-15H,2,16-17H2,1H3,(H,24,25). The molecule has 1 amide bonds. The first-order valence-corrected chi connectivity index (χ1v) is 9.02. The van der Waals surface area contributed by atoms with Crippen molar-refractivity contribution in [3.05, 3.63) is 95.6 Å². The third-order valence-electron chi connectivity index (χ3n) is 4.04. The molecule has 138 valence electrons. The molecule has 0 atom stereocenters. The number of carbonyl (C=O) groups excluding carboxylic acids is 1. The number of hydrogen-bond donors (Lipinski definition) is 1. The summed E-state index contributed by atoms with van der Waals surface area (Å²) in [6.07, 6.45) is 0. The number of rotatable bonds is 8. The first-order valence-electron chi connectivity index (χ1n) is 9.02. The predicted octanol–water partition coefficient (Wildman–Crippen LogP) is 4.59. The Kier molecular flexibility index (Phi) is 6.47. The first kappa shape index (κ1) is 18.5. The Balaban J connectivity index is 1.67. The van der Waals surface area contributed by atoms with E-state index in [1.165, 1.54) is 0 Å². The summed E-state index contributed by atoms with van der Waals surface area (Å²) >= 11 is 0. The predicted molar refractivity (Wildman–Crippen MR) is 106 cm³/mol. The van der Waals surface area contributed by atoms with Gasteiger partial charge in [-0.05, 0) is 36.2 Å². The average molecular weight is 361 g/mol. The second-order valence-corrected chi connectivity index (χ2v) is 6.04. The van der Waals surface area contributed by atoms with Gasteiger partial charge in [0.15, 0.2) is 11.5 Å². The van der Waals surface area contributed by atoms with Crippen LogP contribution in [0.25, 0.3) is 0 Å². The average Bonchev–Trinajstić information content (AvgIpc) is 2.73. The van der Waals surface area contributed by atoms with Gasteiger partial charge in [-0.3, -0.25) is 4.79 Å². The summed E-state index contributed by atoms with van der Waals surface area (Å²) in [7, 11) is 0. The summed E-state index contributed by atoms with van der Waals surface area (Å²) in [4.78, 5) is 12.5. The number of hydrogen-bond acceptors (Lipinski definition) is 3. The Morgan fingerprint density at radius 1 is 0.815 bits per heavy atom. The van der Waals surface area contributed by atoms with Crippen molar-refractivity contribution in [3.8, 4) is 11.5 Å². The lowest BCUT2D eigenvalue weighted by Crippen LogP contribution is -2.22. The van der Waals surface area contributed by atoms with Gasteiger partial charge in [0.05, 0.1) is 6.61 Å². The molecule has 0 unspecified atom stereocenters. The van der Waals surface area contributed by atoms with Gasteiger partial charge in [-0.2, -0.15) is 0 Å². The maximum Gasteiger partial charge on any atom is 0.251 e. The molecule has 0 fully saturated rings. The molecule has 3 aromatic rings. The lowest BCUT2D eigenvalue weighted by atomic mass is 10.1. The third-order valence-corrected chi connectivity index (χ3v) is 4.04. The van der Waals surface area contributed by atoms with E-state index in [2.05, 4.69) is 5.32 Å². The van der Waals surface area contributed by atoms with E-state index in [-0.39, 0.29) is 5.91 Å². The van der Waals surface area contributed by atoms with Crippen molar-refractivity contribution in [2.75, 3.05) is 6.61 Å². The van der Waals surface area contributed by atoms with E-state index < -0.39 is 0 Å². The largest absolute Gasteiger partial charge is 0.490 e. The van der Waals surface area contributed by atoms with Crippen molar-refractivity contribution in [3.63, 3.8) is 0 Å². The summed E-state index contributed by atoms with van der Waals surface area (Å²) in [6, 6.07) is 25.0. The summed E-state index contributed by atoms with van der Waals surface area (Å²) in [5.74, 6) is 1.05. The molecule has 1 N–H and O–H groups in total. The van der Waals surface area contributed by atoms with Crippen LogP contribution in [0.3, 0.4) is 0 Å². The molecule has 0 heterocycles. The first-order chi connectivity index (χ1) is 13.3. The van der Waals surface area contributed by atoms with Crippen LogP contribution in [0.4, 0.5) is 0 Å². The molecule has 0 saturated carbocycles. The molecule has 0 bridgehead atoms. The van der Waals surface area contributed by atoms with Crippen LogP contribution in [0.5, 0.6) is 11.5 Å². The van der Waals surface area contributed by atoms with Crippen molar-refractivity contribution in [2.45, 2.75) is 20.1 Å². The maximum absolute atomic E-state index is 12.5. The van der Waals surface area contributed by atoms with Gasteiger partial charge in [0.2, 0.25) is 0 Å². The molecule has 0 aliphatic heterocycles. The van der Waals surface area contributed by atoms with E-state index in [1.807, 2.05) is 67.6 Å². The molecule has 3 aromatic carbocycles. The summed E-state index contributed by atoms with van der Waals surface area (Å²) < 4.78 is 11.6.